The van der Waals surface area contributed by atoms with Crippen LogP contribution in [0.15, 0.2) is 47.5 Å². The summed E-state index contributed by atoms with van der Waals surface area (Å²) in [5, 5.41) is 16.5. The second-order valence-electron chi connectivity index (χ2n) is 7.58. The van der Waals surface area contributed by atoms with Gasteiger partial charge in [-0.05, 0) is 68.6 Å². The number of phenols is 1. The summed E-state index contributed by atoms with van der Waals surface area (Å²) >= 11 is 0. The molecular weight excluding hydrogens is 376 g/mol. The molecule has 0 atom stereocenters. The lowest BCUT2D eigenvalue weighted by molar-refractivity contribution is 0.318. The van der Waals surface area contributed by atoms with Crippen molar-refractivity contribution in [3.05, 3.63) is 59.2 Å². The summed E-state index contributed by atoms with van der Waals surface area (Å²) in [4.78, 5) is 7.18. The van der Waals surface area contributed by atoms with Crippen molar-refractivity contribution in [1.29, 1.82) is 0 Å². The minimum atomic E-state index is 0.155. The van der Waals surface area contributed by atoms with Gasteiger partial charge >= 0.3 is 0 Å². The zero-order chi connectivity index (χ0) is 21.2. The maximum absolute atomic E-state index is 9.85. The highest BCUT2D eigenvalue weighted by Crippen LogP contribution is 2.27. The van der Waals surface area contributed by atoms with E-state index in [-0.39, 0.29) is 5.75 Å². The molecule has 2 aromatic rings. The van der Waals surface area contributed by atoms with Crippen LogP contribution in [0.3, 0.4) is 0 Å². The van der Waals surface area contributed by atoms with Crippen LogP contribution in [-0.2, 0) is 19.6 Å². The molecule has 0 aliphatic carbocycles. The summed E-state index contributed by atoms with van der Waals surface area (Å²) in [7, 11) is 0. The highest BCUT2D eigenvalue weighted by atomic mass is 16.5. The number of aliphatic imine (C=N–C) groups is 1. The van der Waals surface area contributed by atoms with Crippen LogP contribution in [0.2, 0.25) is 0 Å². The molecule has 6 heteroatoms. The number of guanidine groups is 1. The monoisotopic (exact) mass is 410 g/mol. The van der Waals surface area contributed by atoms with Crippen LogP contribution in [0.4, 0.5) is 0 Å². The van der Waals surface area contributed by atoms with E-state index < -0.39 is 0 Å². The minimum Gasteiger partial charge on any atom is -0.504 e. The zero-order valence-electron chi connectivity index (χ0n) is 18.2. The van der Waals surface area contributed by atoms with Gasteiger partial charge < -0.3 is 20.5 Å². The maximum atomic E-state index is 9.85. The van der Waals surface area contributed by atoms with E-state index in [0.717, 1.165) is 31.2 Å². The minimum absolute atomic E-state index is 0.155. The number of benzene rings is 2. The van der Waals surface area contributed by atoms with Gasteiger partial charge in [0.1, 0.15) is 0 Å². The summed E-state index contributed by atoms with van der Waals surface area (Å²) < 4.78 is 5.46. The van der Waals surface area contributed by atoms with Crippen LogP contribution in [0, 0.1) is 0 Å². The molecule has 0 saturated carbocycles. The number of aromatic hydroxyl groups is 1. The normalized spacial score (nSPS) is 14.7. The van der Waals surface area contributed by atoms with Crippen molar-refractivity contribution in [2.45, 2.75) is 46.3 Å². The van der Waals surface area contributed by atoms with Crippen LogP contribution < -0.4 is 15.4 Å². The number of likely N-dealkylation sites (tertiary alicyclic amines) is 1. The molecule has 1 fully saturated rings. The number of rotatable bonds is 9. The first-order valence-electron chi connectivity index (χ1n) is 10.9. The molecule has 1 aliphatic heterocycles. The Morgan fingerprint density at radius 1 is 1.00 bits per heavy atom. The lowest BCUT2D eigenvalue weighted by Crippen LogP contribution is -2.36. The molecule has 162 valence electrons. The number of hydrogen-bond donors (Lipinski definition) is 3. The van der Waals surface area contributed by atoms with Crippen molar-refractivity contribution in [3.8, 4) is 11.5 Å². The average Bonchev–Trinajstić information content (AvgIpc) is 3.26. The average molecular weight is 411 g/mol. The molecule has 1 saturated heterocycles. The molecule has 0 aromatic heterocycles. The van der Waals surface area contributed by atoms with E-state index in [1.807, 2.05) is 19.1 Å². The molecular formula is C24H34N4O2. The number of hydrogen-bond acceptors (Lipinski definition) is 4. The SMILES string of the molecule is CCNC(=NCc1ccc(O)c(OCC)c1)NCc1ccc(CN2CCCC2)cc1. The molecule has 6 nitrogen and oxygen atoms in total. The summed E-state index contributed by atoms with van der Waals surface area (Å²) in [6, 6.07) is 14.2. The van der Waals surface area contributed by atoms with Crippen LogP contribution >= 0.6 is 0 Å². The van der Waals surface area contributed by atoms with Crippen molar-refractivity contribution < 1.29 is 9.84 Å². The van der Waals surface area contributed by atoms with E-state index in [4.69, 9.17) is 4.74 Å². The highest BCUT2D eigenvalue weighted by molar-refractivity contribution is 5.79. The van der Waals surface area contributed by atoms with Gasteiger partial charge in [0.05, 0.1) is 13.2 Å². The molecule has 0 radical (unpaired) electrons. The van der Waals surface area contributed by atoms with Gasteiger partial charge in [-0.1, -0.05) is 30.3 Å². The Balaban J connectivity index is 1.55. The van der Waals surface area contributed by atoms with Gasteiger partial charge in [-0.25, -0.2) is 4.99 Å². The van der Waals surface area contributed by atoms with Gasteiger partial charge in [-0.15, -0.1) is 0 Å². The number of ether oxygens (including phenoxy) is 1. The van der Waals surface area contributed by atoms with Crippen LogP contribution in [0.1, 0.15) is 43.4 Å². The van der Waals surface area contributed by atoms with Crippen molar-refractivity contribution in [1.82, 2.24) is 15.5 Å². The van der Waals surface area contributed by atoms with Gasteiger partial charge in [0.2, 0.25) is 0 Å². The largest absolute Gasteiger partial charge is 0.504 e. The molecule has 1 heterocycles. The van der Waals surface area contributed by atoms with Crippen molar-refractivity contribution in [3.63, 3.8) is 0 Å². The summed E-state index contributed by atoms with van der Waals surface area (Å²) in [5.74, 6) is 1.42. The van der Waals surface area contributed by atoms with Crippen molar-refractivity contribution in [2.24, 2.45) is 4.99 Å². The highest BCUT2D eigenvalue weighted by Gasteiger charge is 2.11. The van der Waals surface area contributed by atoms with Gasteiger partial charge in [-0.3, -0.25) is 4.90 Å². The Morgan fingerprint density at radius 2 is 1.70 bits per heavy atom. The first kappa shape index (κ1) is 22.0. The first-order chi connectivity index (χ1) is 14.7. The fourth-order valence-electron chi connectivity index (χ4n) is 3.59. The Morgan fingerprint density at radius 3 is 2.40 bits per heavy atom. The summed E-state index contributed by atoms with van der Waals surface area (Å²) in [6.45, 7) is 9.97. The Hall–Kier alpha value is -2.73. The third kappa shape index (κ3) is 6.66. The first-order valence-corrected chi connectivity index (χ1v) is 10.9. The van der Waals surface area contributed by atoms with E-state index in [0.29, 0.717) is 18.9 Å². The van der Waals surface area contributed by atoms with Crippen molar-refractivity contribution in [2.75, 3.05) is 26.2 Å². The molecule has 3 N–H and O–H groups in total. The van der Waals surface area contributed by atoms with Gasteiger partial charge in [0.25, 0.3) is 0 Å². The Bertz CT molecular complexity index is 814. The van der Waals surface area contributed by atoms with E-state index in [1.165, 1.54) is 37.1 Å². The van der Waals surface area contributed by atoms with Gasteiger partial charge in [-0.2, -0.15) is 0 Å². The van der Waals surface area contributed by atoms with E-state index in [9.17, 15) is 5.11 Å². The van der Waals surface area contributed by atoms with Gasteiger partial charge in [0, 0.05) is 19.6 Å². The smallest absolute Gasteiger partial charge is 0.191 e. The molecule has 1 aliphatic rings. The summed E-state index contributed by atoms with van der Waals surface area (Å²) in [6.07, 6.45) is 2.65. The quantitative estimate of drug-likeness (QED) is 0.435. The third-order valence-corrected chi connectivity index (χ3v) is 5.18. The molecule has 0 unspecified atom stereocenters. The lowest BCUT2D eigenvalue weighted by Gasteiger charge is -2.15. The van der Waals surface area contributed by atoms with E-state index in [2.05, 4.69) is 51.7 Å². The fourth-order valence-corrected chi connectivity index (χ4v) is 3.59. The predicted octanol–water partition coefficient (Wildman–Crippen LogP) is 3.64. The van der Waals surface area contributed by atoms with E-state index in [1.54, 1.807) is 6.07 Å². The molecule has 0 amide bonds. The third-order valence-electron chi connectivity index (χ3n) is 5.18. The second-order valence-corrected chi connectivity index (χ2v) is 7.58. The molecule has 30 heavy (non-hydrogen) atoms. The molecule has 0 bridgehead atoms. The van der Waals surface area contributed by atoms with Gasteiger partial charge in [0.15, 0.2) is 17.5 Å². The summed E-state index contributed by atoms with van der Waals surface area (Å²) in [5.41, 5.74) is 3.59. The fraction of sp³-hybridized carbons (Fsp3) is 0.458. The number of nitrogens with zero attached hydrogens (tertiary/aromatic N) is 2. The van der Waals surface area contributed by atoms with Crippen LogP contribution in [0.5, 0.6) is 11.5 Å². The standard InChI is InChI=1S/C24H34N4O2/c1-3-25-24(27-17-21-11-12-22(29)23(15-21)30-4-2)26-16-19-7-9-20(10-8-19)18-28-13-5-6-14-28/h7-12,15,29H,3-6,13-14,16-18H2,1-2H3,(H2,25,26,27). The second kappa shape index (κ2) is 11.5. The van der Waals surface area contributed by atoms with Crippen LogP contribution in [-0.4, -0.2) is 42.2 Å². The lowest BCUT2D eigenvalue weighted by atomic mass is 10.1. The molecule has 2 aromatic carbocycles. The van der Waals surface area contributed by atoms with Crippen LogP contribution in [0.25, 0.3) is 0 Å². The van der Waals surface area contributed by atoms with E-state index >= 15 is 0 Å². The number of phenolic OH excluding ortho intramolecular Hbond substituents is 1. The predicted molar refractivity (Wildman–Crippen MR) is 122 cm³/mol. The van der Waals surface area contributed by atoms with Crippen molar-refractivity contribution >= 4 is 5.96 Å². The number of nitrogens with one attached hydrogen (secondary N) is 2. The topological polar surface area (TPSA) is 69.1 Å². The maximum Gasteiger partial charge on any atom is 0.191 e. The Kier molecular flexibility index (Phi) is 8.39. The molecule has 3 rings (SSSR count). The zero-order valence-corrected chi connectivity index (χ0v) is 18.2. The Labute approximate surface area is 180 Å². The molecule has 0 spiro atoms.